The van der Waals surface area contributed by atoms with Gasteiger partial charge in [0, 0.05) is 49.9 Å². The third kappa shape index (κ3) is 9.30. The number of esters is 1. The smallest absolute Gasteiger partial charge is 0.410 e. The van der Waals surface area contributed by atoms with Crippen LogP contribution in [-0.2, 0) is 14.3 Å². The summed E-state index contributed by atoms with van der Waals surface area (Å²) in [5, 5.41) is 24.9. The molecular formula is C30H43N3O6. The predicted octanol–water partition coefficient (Wildman–Crippen LogP) is 3.50. The molecule has 1 unspecified atom stereocenters. The largest absolute Gasteiger partial charge is 0.457 e. The van der Waals surface area contributed by atoms with Crippen LogP contribution in [0.2, 0.25) is 0 Å². The maximum atomic E-state index is 12.9. The molecule has 0 spiro atoms. The van der Waals surface area contributed by atoms with Gasteiger partial charge in [-0.2, -0.15) is 0 Å². The van der Waals surface area contributed by atoms with Gasteiger partial charge >= 0.3 is 12.1 Å². The van der Waals surface area contributed by atoms with Crippen LogP contribution < -0.4 is 5.32 Å². The van der Waals surface area contributed by atoms with Crippen molar-refractivity contribution < 1.29 is 29.3 Å². The van der Waals surface area contributed by atoms with Gasteiger partial charge in [-0.15, -0.1) is 0 Å². The molecule has 0 radical (unpaired) electrons. The van der Waals surface area contributed by atoms with Crippen molar-refractivity contribution in [3.8, 4) is 0 Å². The second kappa shape index (κ2) is 14.4. The molecule has 0 aromatic carbocycles. The van der Waals surface area contributed by atoms with Gasteiger partial charge in [0.15, 0.2) is 6.10 Å². The van der Waals surface area contributed by atoms with Gasteiger partial charge in [-0.25, -0.2) is 4.79 Å². The highest BCUT2D eigenvalue weighted by molar-refractivity contribution is 5.70. The van der Waals surface area contributed by atoms with Gasteiger partial charge in [0.05, 0.1) is 12.5 Å². The Hall–Kier alpha value is -3.01. The highest BCUT2D eigenvalue weighted by Crippen LogP contribution is 2.27. The molecular weight excluding hydrogens is 498 g/mol. The third-order valence-corrected chi connectivity index (χ3v) is 7.29. The SMILES string of the molecule is C/C(=C\C=C\C(C)c1ccccn1)[C@H]1OC(=O)C[C@@H](O)CC[C@](C)(O)[C@@H](OC(=O)N2CCNCC2)/C=C/[C@@H]1C. The van der Waals surface area contributed by atoms with Crippen LogP contribution in [0.4, 0.5) is 4.79 Å². The van der Waals surface area contributed by atoms with Crippen molar-refractivity contribution in [2.45, 2.75) is 76.8 Å². The fourth-order valence-corrected chi connectivity index (χ4v) is 4.69. The number of piperazine rings is 1. The van der Waals surface area contributed by atoms with Gasteiger partial charge in [-0.1, -0.05) is 44.2 Å². The molecule has 9 nitrogen and oxygen atoms in total. The average Bonchev–Trinajstić information content (AvgIpc) is 2.92. The first kappa shape index (κ1) is 30.5. The zero-order valence-electron chi connectivity index (χ0n) is 23.5. The molecule has 39 heavy (non-hydrogen) atoms. The summed E-state index contributed by atoms with van der Waals surface area (Å²) >= 11 is 0. The summed E-state index contributed by atoms with van der Waals surface area (Å²) in [5.41, 5.74) is 0.336. The van der Waals surface area contributed by atoms with Gasteiger partial charge in [0.1, 0.15) is 11.7 Å². The summed E-state index contributed by atoms with van der Waals surface area (Å²) in [7, 11) is 0. The number of pyridine rings is 1. The molecule has 9 heteroatoms. The number of hydrogen-bond acceptors (Lipinski definition) is 8. The number of carbonyl (C=O) groups is 2. The Kier molecular flexibility index (Phi) is 11.3. The van der Waals surface area contributed by atoms with Crippen molar-refractivity contribution in [1.29, 1.82) is 0 Å². The third-order valence-electron chi connectivity index (χ3n) is 7.29. The number of nitrogens with zero attached hydrogens (tertiary/aromatic N) is 2. The van der Waals surface area contributed by atoms with E-state index in [-0.39, 0.29) is 31.1 Å². The second-order valence-corrected chi connectivity index (χ2v) is 10.8. The molecule has 1 amide bonds. The molecule has 0 bridgehead atoms. The van der Waals surface area contributed by atoms with Crippen LogP contribution in [0.1, 0.15) is 58.6 Å². The minimum absolute atomic E-state index is 0.106. The topological polar surface area (TPSA) is 121 Å². The number of rotatable bonds is 5. The number of aromatic nitrogens is 1. The molecule has 1 saturated heterocycles. The molecule has 6 atom stereocenters. The van der Waals surface area contributed by atoms with Crippen molar-refractivity contribution in [3.05, 3.63) is 66.0 Å². The summed E-state index contributed by atoms with van der Waals surface area (Å²) in [5.74, 6) is -0.692. The Morgan fingerprint density at radius 2 is 2.05 bits per heavy atom. The summed E-state index contributed by atoms with van der Waals surface area (Å²) in [6.45, 7) is 9.85. The lowest BCUT2D eigenvalue weighted by atomic mass is 9.88. The first-order chi connectivity index (χ1) is 18.6. The first-order valence-electron chi connectivity index (χ1n) is 13.8. The quantitative estimate of drug-likeness (QED) is 0.294. The fourth-order valence-electron chi connectivity index (χ4n) is 4.69. The van der Waals surface area contributed by atoms with E-state index in [0.29, 0.717) is 26.2 Å². The van der Waals surface area contributed by atoms with Crippen LogP contribution in [0.5, 0.6) is 0 Å². The minimum atomic E-state index is -1.44. The molecule has 3 heterocycles. The lowest BCUT2D eigenvalue weighted by Gasteiger charge is -2.35. The number of allylic oxidation sites excluding steroid dienone is 3. The number of nitrogens with one attached hydrogen (secondary N) is 1. The van der Waals surface area contributed by atoms with Crippen LogP contribution in [0.15, 0.2) is 60.3 Å². The Morgan fingerprint density at radius 3 is 2.74 bits per heavy atom. The monoisotopic (exact) mass is 541 g/mol. The first-order valence-corrected chi connectivity index (χ1v) is 13.8. The highest BCUT2D eigenvalue weighted by Gasteiger charge is 2.36. The Labute approximate surface area is 231 Å². The summed E-state index contributed by atoms with van der Waals surface area (Å²) in [6.07, 6.45) is 8.19. The van der Waals surface area contributed by atoms with E-state index in [9.17, 15) is 19.8 Å². The van der Waals surface area contributed by atoms with E-state index >= 15 is 0 Å². The van der Waals surface area contributed by atoms with Crippen molar-refractivity contribution in [3.63, 3.8) is 0 Å². The number of amides is 1. The molecule has 1 fully saturated rings. The summed E-state index contributed by atoms with van der Waals surface area (Å²) < 4.78 is 11.6. The molecule has 3 rings (SSSR count). The number of carbonyl (C=O) groups excluding carboxylic acids is 2. The lowest BCUT2D eigenvalue weighted by Crippen LogP contribution is -2.50. The minimum Gasteiger partial charge on any atom is -0.457 e. The fraction of sp³-hybridized carbons (Fsp3) is 0.567. The van der Waals surface area contributed by atoms with E-state index in [0.717, 1.165) is 11.3 Å². The van der Waals surface area contributed by atoms with E-state index in [1.54, 1.807) is 24.1 Å². The summed E-state index contributed by atoms with van der Waals surface area (Å²) in [6, 6.07) is 5.80. The van der Waals surface area contributed by atoms with E-state index in [4.69, 9.17) is 9.47 Å². The van der Waals surface area contributed by atoms with E-state index in [1.165, 1.54) is 0 Å². The average molecular weight is 542 g/mol. The van der Waals surface area contributed by atoms with Gasteiger partial charge in [0.25, 0.3) is 0 Å². The highest BCUT2D eigenvalue weighted by atomic mass is 16.6. The molecule has 214 valence electrons. The molecule has 1 aromatic heterocycles. The number of hydrogen-bond donors (Lipinski definition) is 3. The maximum absolute atomic E-state index is 12.9. The van der Waals surface area contributed by atoms with Crippen molar-refractivity contribution in [2.24, 2.45) is 5.92 Å². The number of ether oxygens (including phenoxy) is 2. The molecule has 3 N–H and O–H groups in total. The van der Waals surface area contributed by atoms with E-state index in [1.807, 2.05) is 56.4 Å². The van der Waals surface area contributed by atoms with Crippen molar-refractivity contribution >= 4 is 12.1 Å². The molecule has 0 saturated carbocycles. The molecule has 2 aliphatic rings. The zero-order chi connectivity index (χ0) is 28.4. The summed E-state index contributed by atoms with van der Waals surface area (Å²) in [4.78, 5) is 31.5. The zero-order valence-corrected chi connectivity index (χ0v) is 23.5. The van der Waals surface area contributed by atoms with E-state index in [2.05, 4.69) is 17.2 Å². The standard InChI is InChI=1S/C30H43N3O6/c1-21(25-10-5-6-15-32-25)8-7-9-22(2)28-23(3)11-12-26(38-29(36)33-18-16-31-17-19-33)30(4,37)14-13-24(34)20-27(35)39-28/h5-12,15,21,23-24,26,28,31,34,37H,13-14,16-20H2,1-4H3/b8-7+,12-11+,22-9+/t21?,23-,24-,26-,28+,30-/m0/s1. The van der Waals surface area contributed by atoms with E-state index < -0.39 is 36.0 Å². The van der Waals surface area contributed by atoms with Crippen LogP contribution >= 0.6 is 0 Å². The Morgan fingerprint density at radius 1 is 1.31 bits per heavy atom. The van der Waals surface area contributed by atoms with Crippen molar-refractivity contribution in [2.75, 3.05) is 26.2 Å². The van der Waals surface area contributed by atoms with Gasteiger partial charge in [-0.05, 0) is 50.5 Å². The molecule has 2 aliphatic heterocycles. The van der Waals surface area contributed by atoms with Gasteiger partial charge < -0.3 is 29.9 Å². The van der Waals surface area contributed by atoms with Crippen LogP contribution in [0.25, 0.3) is 0 Å². The number of aliphatic hydroxyl groups is 2. The molecule has 0 aliphatic carbocycles. The number of aliphatic hydroxyl groups excluding tert-OH is 1. The van der Waals surface area contributed by atoms with Crippen LogP contribution in [0.3, 0.4) is 0 Å². The van der Waals surface area contributed by atoms with Gasteiger partial charge in [0.2, 0.25) is 0 Å². The predicted molar refractivity (Wildman–Crippen MR) is 149 cm³/mol. The van der Waals surface area contributed by atoms with Crippen LogP contribution in [0, 0.1) is 5.92 Å². The van der Waals surface area contributed by atoms with Gasteiger partial charge in [-0.3, -0.25) is 9.78 Å². The maximum Gasteiger partial charge on any atom is 0.410 e. The lowest BCUT2D eigenvalue weighted by molar-refractivity contribution is -0.151. The Balaban J connectivity index is 1.81. The Bertz CT molecular complexity index is 1030. The normalized spacial score (nSPS) is 31.1. The van der Waals surface area contributed by atoms with Crippen LogP contribution in [-0.4, -0.2) is 82.3 Å². The second-order valence-electron chi connectivity index (χ2n) is 10.8. The molecule has 1 aromatic rings. The van der Waals surface area contributed by atoms with Crippen molar-refractivity contribution in [1.82, 2.24) is 15.2 Å². The number of cyclic esters (lactones) is 1.